The Labute approximate surface area is 223 Å². The van der Waals surface area contributed by atoms with Gasteiger partial charge in [0.1, 0.15) is 30.5 Å². The van der Waals surface area contributed by atoms with Crippen molar-refractivity contribution in [2.45, 2.75) is 114 Å². The maximum Gasteiger partial charge on any atom is 0.337 e. The van der Waals surface area contributed by atoms with Gasteiger partial charge in [-0.05, 0) is 86.9 Å². The van der Waals surface area contributed by atoms with Crippen molar-refractivity contribution < 1.29 is 49.3 Å². The Hall–Kier alpha value is -1.14. The summed E-state index contributed by atoms with van der Waals surface area (Å²) in [4.78, 5) is 25.5. The molecule has 4 saturated carbocycles. The third-order valence-corrected chi connectivity index (χ3v) is 11.6. The Morgan fingerprint density at radius 1 is 0.895 bits per heavy atom. The van der Waals surface area contributed by atoms with Crippen LogP contribution in [0.1, 0.15) is 71.6 Å². The van der Waals surface area contributed by atoms with Gasteiger partial charge >= 0.3 is 5.97 Å². The third-order valence-electron chi connectivity index (χ3n) is 11.6. The van der Waals surface area contributed by atoms with Crippen LogP contribution in [0.15, 0.2) is 0 Å². The molecule has 5 N–H and O–H groups in total. The van der Waals surface area contributed by atoms with E-state index in [4.69, 9.17) is 9.47 Å². The fourth-order valence-corrected chi connectivity index (χ4v) is 9.28. The second-order valence-corrected chi connectivity index (χ2v) is 13.1. The third kappa shape index (κ3) is 4.17. The number of hydrogen-bond acceptors (Lipinski definition) is 10. The number of ether oxygens (including phenoxy) is 3. The Balaban J connectivity index is 1.28. The number of ketones is 1. The first kappa shape index (κ1) is 28.4. The van der Waals surface area contributed by atoms with E-state index in [-0.39, 0.29) is 17.4 Å². The first-order chi connectivity index (χ1) is 17.9. The van der Waals surface area contributed by atoms with Gasteiger partial charge < -0.3 is 39.7 Å². The van der Waals surface area contributed by atoms with Gasteiger partial charge in [0.25, 0.3) is 0 Å². The summed E-state index contributed by atoms with van der Waals surface area (Å²) in [5, 5.41) is 52.7. The zero-order chi connectivity index (χ0) is 27.6. The highest BCUT2D eigenvalue weighted by Gasteiger charge is 2.66. The second-order valence-electron chi connectivity index (χ2n) is 13.1. The van der Waals surface area contributed by atoms with Crippen LogP contribution in [0.3, 0.4) is 0 Å². The van der Waals surface area contributed by atoms with E-state index < -0.39 is 60.1 Å². The lowest BCUT2D eigenvalue weighted by Crippen LogP contribution is -2.61. The van der Waals surface area contributed by atoms with Crippen LogP contribution in [0.2, 0.25) is 0 Å². The minimum Gasteiger partial charge on any atom is -0.467 e. The molecule has 5 rings (SSSR count). The molecular weight excluding hydrogens is 496 g/mol. The number of hydrogen-bond donors (Lipinski definition) is 5. The minimum absolute atomic E-state index is 0.188. The quantitative estimate of drug-likeness (QED) is 0.314. The van der Waals surface area contributed by atoms with E-state index in [0.717, 1.165) is 58.5 Å². The smallest absolute Gasteiger partial charge is 0.337 e. The van der Waals surface area contributed by atoms with E-state index in [2.05, 4.69) is 11.7 Å². The highest BCUT2D eigenvalue weighted by molar-refractivity contribution is 5.89. The molecule has 5 fully saturated rings. The Bertz CT molecular complexity index is 927. The van der Waals surface area contributed by atoms with Gasteiger partial charge in [-0.3, -0.25) is 4.79 Å². The molecule has 0 amide bonds. The first-order valence-corrected chi connectivity index (χ1v) is 14.2. The normalized spacial score (nSPS) is 52.4. The van der Waals surface area contributed by atoms with Crippen LogP contribution in [0, 0.1) is 34.5 Å². The molecule has 38 heavy (non-hydrogen) atoms. The summed E-state index contributed by atoms with van der Waals surface area (Å²) in [7, 11) is 1.10. The first-order valence-electron chi connectivity index (χ1n) is 14.2. The Morgan fingerprint density at radius 2 is 1.61 bits per heavy atom. The van der Waals surface area contributed by atoms with E-state index in [9.17, 15) is 35.1 Å². The van der Waals surface area contributed by atoms with Crippen LogP contribution in [-0.4, -0.2) is 93.4 Å². The van der Waals surface area contributed by atoms with Gasteiger partial charge in [0.15, 0.2) is 18.2 Å². The number of methoxy groups -OCH3 is 1. The lowest BCUT2D eigenvalue weighted by molar-refractivity contribution is -0.293. The van der Waals surface area contributed by atoms with Gasteiger partial charge in [-0.15, -0.1) is 0 Å². The lowest BCUT2D eigenvalue weighted by Gasteiger charge is -2.61. The van der Waals surface area contributed by atoms with Gasteiger partial charge in [-0.25, -0.2) is 4.79 Å². The average molecular weight is 541 g/mol. The molecule has 13 atom stereocenters. The molecule has 10 nitrogen and oxygen atoms in total. The van der Waals surface area contributed by atoms with E-state index in [1.807, 2.05) is 6.92 Å². The number of rotatable bonds is 5. The topological polar surface area (TPSA) is 163 Å². The highest BCUT2D eigenvalue weighted by Crippen LogP contribution is 2.68. The molecule has 0 aromatic rings. The Morgan fingerprint density at radius 3 is 2.32 bits per heavy atom. The molecule has 1 aliphatic heterocycles. The van der Waals surface area contributed by atoms with Gasteiger partial charge in [0.2, 0.25) is 0 Å². The molecule has 0 bridgehead atoms. The standard InChI is InChI=1S/C28H44O10/c1-26-9-6-15(29)12-14(26)4-5-16-17(26)7-10-27(2)18(16)8-11-28(27,35)19(30)13-37-25-22(33)20(31)21(32)23(38-25)24(34)36-3/h14-18,20-23,25,29,31-33,35H,4-13H2,1-3H3/t14-,15-,16-,17+,18+,20-,21-,22+,23+,25-,26-,27-,28+/m0/s1. The van der Waals surface area contributed by atoms with Crippen molar-refractivity contribution in [1.82, 2.24) is 0 Å². The molecule has 0 spiro atoms. The van der Waals surface area contributed by atoms with E-state index in [0.29, 0.717) is 24.2 Å². The number of carbonyl (C=O) groups is 2. The highest BCUT2D eigenvalue weighted by atomic mass is 16.7. The molecule has 0 aromatic heterocycles. The van der Waals surface area contributed by atoms with Crippen molar-refractivity contribution in [3.05, 3.63) is 0 Å². The Kier molecular flexibility index (Phi) is 7.51. The number of aliphatic hydroxyl groups excluding tert-OH is 4. The molecule has 0 aromatic carbocycles. The SMILES string of the molecule is COC(=O)[C@@H]1O[C@H](OCC(=O)[C@]2(O)CC[C@@H]3[C@H]4CC[C@H]5C[C@@H](O)CC[C@]5(C)[C@@H]4CC[C@@]32C)[C@H](O)[C@@H](O)[C@@H]1O. The summed E-state index contributed by atoms with van der Waals surface area (Å²) in [6, 6.07) is 0. The van der Waals surface area contributed by atoms with Crippen molar-refractivity contribution in [3.63, 3.8) is 0 Å². The molecule has 0 unspecified atom stereocenters. The summed E-state index contributed by atoms with van der Waals surface area (Å²) >= 11 is 0. The average Bonchev–Trinajstić information content (AvgIpc) is 3.18. The largest absolute Gasteiger partial charge is 0.467 e. The predicted molar refractivity (Wildman–Crippen MR) is 132 cm³/mol. The number of aliphatic hydroxyl groups is 5. The maximum absolute atomic E-state index is 13.5. The van der Waals surface area contributed by atoms with Crippen LogP contribution in [0.4, 0.5) is 0 Å². The molecule has 0 radical (unpaired) electrons. The molecule has 5 aliphatic rings. The lowest BCUT2D eigenvalue weighted by atomic mass is 9.44. The van der Waals surface area contributed by atoms with Crippen LogP contribution < -0.4 is 0 Å². The van der Waals surface area contributed by atoms with Crippen molar-refractivity contribution in [2.24, 2.45) is 34.5 Å². The van der Waals surface area contributed by atoms with Crippen molar-refractivity contribution in [2.75, 3.05) is 13.7 Å². The monoisotopic (exact) mass is 540 g/mol. The molecule has 1 saturated heterocycles. The zero-order valence-corrected chi connectivity index (χ0v) is 22.6. The predicted octanol–water partition coefficient (Wildman–Crippen LogP) is 0.687. The molecule has 1 heterocycles. The van der Waals surface area contributed by atoms with Gasteiger partial charge in [-0.2, -0.15) is 0 Å². The van der Waals surface area contributed by atoms with Gasteiger partial charge in [-0.1, -0.05) is 13.8 Å². The maximum atomic E-state index is 13.5. The molecule has 10 heteroatoms. The number of esters is 1. The van der Waals surface area contributed by atoms with Crippen molar-refractivity contribution in [1.29, 1.82) is 0 Å². The number of Topliss-reactive ketones (excluding diaryl/α,β-unsaturated/α-hetero) is 1. The summed E-state index contributed by atoms with van der Waals surface area (Å²) in [6.45, 7) is 3.85. The van der Waals surface area contributed by atoms with Crippen molar-refractivity contribution >= 4 is 11.8 Å². The van der Waals surface area contributed by atoms with E-state index >= 15 is 0 Å². The fraction of sp³-hybridized carbons (Fsp3) is 0.929. The summed E-state index contributed by atoms with van der Waals surface area (Å²) < 4.78 is 15.4. The van der Waals surface area contributed by atoms with Crippen LogP contribution in [-0.2, 0) is 23.8 Å². The summed E-state index contributed by atoms with van der Waals surface area (Å²) in [5.41, 5.74) is -2.02. The van der Waals surface area contributed by atoms with Crippen LogP contribution in [0.5, 0.6) is 0 Å². The van der Waals surface area contributed by atoms with Crippen LogP contribution >= 0.6 is 0 Å². The van der Waals surface area contributed by atoms with Crippen molar-refractivity contribution in [3.8, 4) is 0 Å². The van der Waals surface area contributed by atoms with Gasteiger partial charge in [0, 0.05) is 5.41 Å². The number of carbonyl (C=O) groups excluding carboxylic acids is 2. The minimum atomic E-state index is -1.74. The fourth-order valence-electron chi connectivity index (χ4n) is 9.28. The summed E-state index contributed by atoms with van der Waals surface area (Å²) in [5.74, 6) is 0.227. The second kappa shape index (κ2) is 10.0. The zero-order valence-electron chi connectivity index (χ0n) is 22.6. The van der Waals surface area contributed by atoms with E-state index in [1.165, 1.54) is 0 Å². The molecular formula is C28H44O10. The number of fused-ring (bicyclic) bond motifs is 5. The molecule has 216 valence electrons. The van der Waals surface area contributed by atoms with Crippen LogP contribution in [0.25, 0.3) is 0 Å². The van der Waals surface area contributed by atoms with E-state index in [1.54, 1.807) is 0 Å². The summed E-state index contributed by atoms with van der Waals surface area (Å²) in [6.07, 6.45) is -0.873. The molecule has 4 aliphatic carbocycles. The van der Waals surface area contributed by atoms with Gasteiger partial charge in [0.05, 0.1) is 13.2 Å².